The molecule has 0 heterocycles. The van der Waals surface area contributed by atoms with Crippen LogP contribution in [0.2, 0.25) is 0 Å². The van der Waals surface area contributed by atoms with Gasteiger partial charge in [-0.3, -0.25) is 4.79 Å². The van der Waals surface area contributed by atoms with Crippen molar-refractivity contribution in [3.05, 3.63) is 29.3 Å². The second kappa shape index (κ2) is 2.89. The number of amides is 1. The lowest BCUT2D eigenvalue weighted by Crippen LogP contribution is -2.15. The average Bonchev–Trinajstić information content (AvgIpc) is 2.13. The van der Waals surface area contributed by atoms with E-state index >= 15 is 0 Å². The van der Waals surface area contributed by atoms with Gasteiger partial charge in [0.05, 0.1) is 17.2 Å². The highest BCUT2D eigenvalue weighted by atomic mass is 32.5. The standard InChI is InChI=1S/C8H5F5N2OS/c9-17(10,11,12,13)6-2-1-5(4-14)7(3-6)8(15)16/h1-3H,(H2,15,16). The molecule has 1 rings (SSSR count). The van der Waals surface area contributed by atoms with Crippen molar-refractivity contribution in [3.63, 3.8) is 0 Å². The van der Waals surface area contributed by atoms with E-state index in [0.29, 0.717) is 6.07 Å². The third kappa shape index (κ3) is 2.85. The van der Waals surface area contributed by atoms with E-state index in [1.807, 2.05) is 0 Å². The van der Waals surface area contributed by atoms with Crippen molar-refractivity contribution in [1.29, 1.82) is 5.26 Å². The Morgan fingerprint density at radius 3 is 2.12 bits per heavy atom. The molecular weight excluding hydrogens is 267 g/mol. The van der Waals surface area contributed by atoms with Gasteiger partial charge in [0.2, 0.25) is 5.91 Å². The topological polar surface area (TPSA) is 66.9 Å². The van der Waals surface area contributed by atoms with E-state index in [4.69, 9.17) is 11.0 Å². The van der Waals surface area contributed by atoms with Crippen LogP contribution in [0.3, 0.4) is 0 Å². The third-order valence-corrected chi connectivity index (χ3v) is 2.97. The van der Waals surface area contributed by atoms with Gasteiger partial charge in [0, 0.05) is 0 Å². The summed E-state index contributed by atoms with van der Waals surface area (Å²) in [6.45, 7) is 0. The fraction of sp³-hybridized carbons (Fsp3) is 0. The maximum absolute atomic E-state index is 12.4. The van der Waals surface area contributed by atoms with Gasteiger partial charge >= 0.3 is 10.2 Å². The highest BCUT2D eigenvalue weighted by molar-refractivity contribution is 8.45. The van der Waals surface area contributed by atoms with Gasteiger partial charge in [0.25, 0.3) is 0 Å². The highest BCUT2D eigenvalue weighted by Crippen LogP contribution is 3.02. The zero-order chi connectivity index (χ0) is 13.5. The van der Waals surface area contributed by atoms with E-state index in [1.165, 1.54) is 6.07 Å². The number of rotatable bonds is 2. The molecule has 2 N–H and O–H groups in total. The normalized spacial score (nSPS) is 15.5. The maximum atomic E-state index is 12.4. The van der Waals surface area contributed by atoms with Crippen LogP contribution in [0.15, 0.2) is 23.1 Å². The smallest absolute Gasteiger partial charge is 0.310 e. The highest BCUT2D eigenvalue weighted by Gasteiger charge is 2.65. The van der Waals surface area contributed by atoms with E-state index < -0.39 is 32.2 Å². The number of carbonyl (C=O) groups is 1. The zero-order valence-electron chi connectivity index (χ0n) is 7.96. The quantitative estimate of drug-likeness (QED) is 0.839. The van der Waals surface area contributed by atoms with E-state index in [0.717, 1.165) is 0 Å². The summed E-state index contributed by atoms with van der Waals surface area (Å²) in [6.07, 6.45) is 0. The lowest BCUT2D eigenvalue weighted by molar-refractivity contribution is 0.1000. The second-order valence-electron chi connectivity index (χ2n) is 3.15. The molecule has 0 aliphatic rings. The zero-order valence-corrected chi connectivity index (χ0v) is 8.78. The van der Waals surface area contributed by atoms with Crippen molar-refractivity contribution in [2.75, 3.05) is 0 Å². The van der Waals surface area contributed by atoms with E-state index in [1.54, 1.807) is 0 Å². The molecule has 1 aromatic carbocycles. The number of halogens is 5. The largest absolute Gasteiger partial charge is 0.366 e. The minimum Gasteiger partial charge on any atom is -0.366 e. The predicted molar refractivity (Wildman–Crippen MR) is 51.1 cm³/mol. The van der Waals surface area contributed by atoms with Crippen molar-refractivity contribution < 1.29 is 24.2 Å². The number of nitrogens with two attached hydrogens (primary N) is 1. The second-order valence-corrected chi connectivity index (χ2v) is 5.56. The molecule has 1 amide bonds. The van der Waals surface area contributed by atoms with Gasteiger partial charge in [-0.2, -0.15) is 5.26 Å². The Kier molecular flexibility index (Phi) is 2.25. The first kappa shape index (κ1) is 13.2. The Morgan fingerprint density at radius 2 is 1.76 bits per heavy atom. The number of hydrogen-bond donors (Lipinski definition) is 1. The van der Waals surface area contributed by atoms with Gasteiger partial charge in [0.1, 0.15) is 4.90 Å². The fourth-order valence-corrected chi connectivity index (χ4v) is 1.73. The number of carbonyl (C=O) groups excluding carboxylic acids is 1. The molecule has 0 spiro atoms. The molecular formula is C8H5F5N2OS. The summed E-state index contributed by atoms with van der Waals surface area (Å²) in [5.74, 6) is -1.38. The van der Waals surface area contributed by atoms with Crippen LogP contribution in [0, 0.1) is 11.3 Å². The van der Waals surface area contributed by atoms with Crippen LogP contribution in [0.25, 0.3) is 0 Å². The van der Waals surface area contributed by atoms with Gasteiger partial charge < -0.3 is 5.73 Å². The average molecular weight is 272 g/mol. The molecule has 0 saturated heterocycles. The SMILES string of the molecule is N#Cc1ccc(S(F)(F)(F)(F)F)cc1C(N)=O. The molecule has 0 aliphatic carbocycles. The van der Waals surface area contributed by atoms with Crippen LogP contribution < -0.4 is 5.73 Å². The number of primary amides is 1. The number of nitrogens with zero attached hydrogens (tertiary/aromatic N) is 1. The number of hydrogen-bond acceptors (Lipinski definition) is 2. The van der Waals surface area contributed by atoms with E-state index in [2.05, 4.69) is 0 Å². The first-order chi connectivity index (χ1) is 7.35. The number of nitriles is 1. The first-order valence-electron chi connectivity index (χ1n) is 3.93. The molecule has 0 aliphatic heterocycles. The van der Waals surface area contributed by atoms with Crippen molar-refractivity contribution in [3.8, 4) is 6.07 Å². The Hall–Kier alpha value is -1.82. The molecule has 0 unspecified atom stereocenters. The van der Waals surface area contributed by atoms with Crippen LogP contribution in [-0.2, 0) is 0 Å². The molecule has 17 heavy (non-hydrogen) atoms. The van der Waals surface area contributed by atoms with Gasteiger partial charge in [-0.05, 0) is 18.2 Å². The Morgan fingerprint density at radius 1 is 1.24 bits per heavy atom. The van der Waals surface area contributed by atoms with Crippen molar-refractivity contribution in [2.45, 2.75) is 4.90 Å². The van der Waals surface area contributed by atoms with Gasteiger partial charge in [-0.25, -0.2) is 0 Å². The monoisotopic (exact) mass is 272 g/mol. The van der Waals surface area contributed by atoms with Gasteiger partial charge in [0.15, 0.2) is 0 Å². The van der Waals surface area contributed by atoms with Gasteiger partial charge in [-0.15, -0.1) is 0 Å². The first-order valence-corrected chi connectivity index (χ1v) is 5.88. The summed E-state index contributed by atoms with van der Waals surface area (Å²) in [5, 5.41) is 8.47. The summed E-state index contributed by atoms with van der Waals surface area (Å²) in [5.41, 5.74) is 3.31. The minimum absolute atomic E-state index is 0.0482. The Balaban J connectivity index is 3.61. The lowest BCUT2D eigenvalue weighted by Gasteiger charge is -2.40. The summed E-state index contributed by atoms with van der Waals surface area (Å²) >= 11 is 0. The Bertz CT molecular complexity index is 545. The Labute approximate surface area is 92.4 Å². The molecule has 1 aromatic rings. The van der Waals surface area contributed by atoms with Crippen LogP contribution in [0.5, 0.6) is 0 Å². The van der Waals surface area contributed by atoms with Crippen molar-refractivity contribution in [2.24, 2.45) is 5.73 Å². The molecule has 0 aromatic heterocycles. The molecule has 0 atom stereocenters. The molecule has 94 valence electrons. The van der Waals surface area contributed by atoms with E-state index in [-0.39, 0.29) is 12.1 Å². The molecule has 9 heteroatoms. The summed E-state index contributed by atoms with van der Waals surface area (Å²) < 4.78 is 62.0. The molecule has 0 radical (unpaired) electrons. The van der Waals surface area contributed by atoms with Crippen LogP contribution in [0.4, 0.5) is 19.4 Å². The molecule has 0 fully saturated rings. The summed E-state index contributed by atoms with van der Waals surface area (Å²) in [7, 11) is -9.87. The van der Waals surface area contributed by atoms with Crippen LogP contribution >= 0.6 is 10.2 Å². The van der Waals surface area contributed by atoms with Crippen LogP contribution in [-0.4, -0.2) is 5.91 Å². The summed E-state index contributed by atoms with van der Waals surface area (Å²) in [4.78, 5) is 8.49. The third-order valence-electron chi connectivity index (χ3n) is 1.82. The predicted octanol–water partition coefficient (Wildman–Crippen LogP) is 3.31. The number of benzene rings is 1. The lowest BCUT2D eigenvalue weighted by atomic mass is 10.1. The fourth-order valence-electron chi connectivity index (χ4n) is 1.06. The van der Waals surface area contributed by atoms with E-state index in [9.17, 15) is 24.2 Å². The molecule has 0 bridgehead atoms. The molecule has 0 saturated carbocycles. The van der Waals surface area contributed by atoms with Crippen LogP contribution in [0.1, 0.15) is 15.9 Å². The van der Waals surface area contributed by atoms with Crippen molar-refractivity contribution in [1.82, 2.24) is 0 Å². The molecule has 3 nitrogen and oxygen atoms in total. The minimum atomic E-state index is -9.87. The summed E-state index contributed by atoms with van der Waals surface area (Å²) in [6, 6.07) is 1.80. The van der Waals surface area contributed by atoms with Crippen molar-refractivity contribution >= 4 is 16.1 Å². The van der Waals surface area contributed by atoms with Gasteiger partial charge in [-0.1, -0.05) is 19.4 Å². The maximum Gasteiger partial charge on any atom is 0.310 e.